The molecule has 0 aromatic heterocycles. The first kappa shape index (κ1) is 57.4. The van der Waals surface area contributed by atoms with Crippen molar-refractivity contribution >= 4 is 39.7 Å². The highest BCUT2D eigenvalue weighted by molar-refractivity contribution is 6.01. The van der Waals surface area contributed by atoms with Crippen molar-refractivity contribution in [1.82, 2.24) is 0 Å². The van der Waals surface area contributed by atoms with Crippen LogP contribution in [0.15, 0.2) is 340 Å². The first-order valence-electron chi connectivity index (χ1n) is 32.6. The Labute approximate surface area is 543 Å². The Hall–Kier alpha value is -11.1. The quantitative estimate of drug-likeness (QED) is 0.135. The summed E-state index contributed by atoms with van der Waals surface area (Å²) >= 11 is 0. The van der Waals surface area contributed by atoms with E-state index in [9.17, 15) is 0 Å². The lowest BCUT2D eigenvalue weighted by Gasteiger charge is -2.32. The minimum atomic E-state index is -0.403. The van der Waals surface area contributed by atoms with Crippen LogP contribution in [0.2, 0.25) is 0 Å². The molecule has 0 heterocycles. The molecule has 0 saturated carbocycles. The predicted molar refractivity (Wildman–Crippen MR) is 390 cm³/mol. The molecule has 0 bridgehead atoms. The molecule has 4 aliphatic rings. The molecule has 0 radical (unpaired) electrons. The van der Waals surface area contributed by atoms with E-state index in [1.54, 1.807) is 0 Å². The van der Waals surface area contributed by atoms with Gasteiger partial charge in [0, 0.05) is 39.4 Å². The molecule has 0 aliphatic heterocycles. The van der Waals surface area contributed by atoms with E-state index in [0.717, 1.165) is 41.3 Å². The standard InChI is InChI=1S/C52H37N.C36H29N.C2H6/c1-51(2)43-21-10-6-17-38(43)41-32-31-37(33-48(41)51)53(36-29-27-35(28-30-36)34-15-4-3-5-16-34)49-26-14-25-47-50(49)42-20-9-13-24-46(42)52(47)44-22-11-7-18-39(44)40-19-8-12-23-45(40)52;1-4-10-28(11-5-1)31-16-22-34(23-17-31)37(35-24-18-32(19-25-35)29-12-6-2-7-13-29)36-26-20-33(21-27-36)30-14-8-3-9-15-30;1-2/h3-33H,1-2H3;1-2,4-8,10-27H,3,9H2;1-2H3. The lowest BCUT2D eigenvalue weighted by atomic mass is 9.70. The van der Waals surface area contributed by atoms with Gasteiger partial charge in [0.1, 0.15) is 0 Å². The zero-order valence-electron chi connectivity index (χ0n) is 52.6. The highest BCUT2D eigenvalue weighted by Crippen LogP contribution is 2.65. The molecule has 0 N–H and O–H groups in total. The minimum absolute atomic E-state index is 0.114. The molecule has 13 aromatic carbocycles. The lowest BCUT2D eigenvalue weighted by Crippen LogP contribution is -2.26. The van der Waals surface area contributed by atoms with Crippen LogP contribution in [0.1, 0.15) is 79.5 Å². The van der Waals surface area contributed by atoms with E-state index >= 15 is 0 Å². The summed E-state index contributed by atoms with van der Waals surface area (Å²) in [4.78, 5) is 4.84. The molecule has 0 amide bonds. The minimum Gasteiger partial charge on any atom is -0.311 e. The summed E-state index contributed by atoms with van der Waals surface area (Å²) in [6.07, 6.45) is 9.07. The topological polar surface area (TPSA) is 6.48 Å². The van der Waals surface area contributed by atoms with Crippen LogP contribution < -0.4 is 9.80 Å². The van der Waals surface area contributed by atoms with E-state index in [4.69, 9.17) is 0 Å². The summed E-state index contributed by atoms with van der Waals surface area (Å²) < 4.78 is 0. The van der Waals surface area contributed by atoms with Gasteiger partial charge in [-0.1, -0.05) is 301 Å². The SMILES string of the molecule is C1=CC(c2ccc(N(c3ccc(-c4ccccc4)cc3)c3ccc(-c4ccccc4)cc3)cc2)=CCC1.CC.CC1(C)c2ccccc2-c2ccc(N(c3ccc(-c4ccccc4)cc3)c3cccc4c3-c3ccccc3C43c4ccccc4-c4ccccc43)cc21. The van der Waals surface area contributed by atoms with E-state index in [1.165, 1.54) is 117 Å². The fourth-order valence-electron chi connectivity index (χ4n) is 14.9. The number of hydrogen-bond donors (Lipinski definition) is 0. The predicted octanol–water partition coefficient (Wildman–Crippen LogP) is 24.7. The Balaban J connectivity index is 0.000000158. The lowest BCUT2D eigenvalue weighted by molar-refractivity contribution is 0.660. The average Bonchev–Trinajstić information content (AvgIpc) is 1.51. The van der Waals surface area contributed by atoms with Crippen molar-refractivity contribution in [3.8, 4) is 66.8 Å². The summed E-state index contributed by atoms with van der Waals surface area (Å²) in [7, 11) is 0. The van der Waals surface area contributed by atoms with Gasteiger partial charge in [-0.15, -0.1) is 0 Å². The summed E-state index contributed by atoms with van der Waals surface area (Å²) in [6.45, 7) is 8.74. The Morgan fingerprint density at radius 3 is 1.10 bits per heavy atom. The molecule has 0 saturated heterocycles. The number of anilines is 6. The second-order valence-electron chi connectivity index (χ2n) is 24.6. The number of benzene rings is 13. The maximum atomic E-state index is 2.51. The van der Waals surface area contributed by atoms with Crippen molar-refractivity contribution in [3.05, 3.63) is 379 Å². The molecule has 13 aromatic rings. The number of hydrogen-bond acceptors (Lipinski definition) is 2. The third-order valence-corrected chi connectivity index (χ3v) is 19.2. The van der Waals surface area contributed by atoms with E-state index in [0.29, 0.717) is 0 Å². The first-order valence-corrected chi connectivity index (χ1v) is 32.6. The molecule has 2 nitrogen and oxygen atoms in total. The normalized spacial score (nSPS) is 13.5. The van der Waals surface area contributed by atoms with E-state index in [2.05, 4.69) is 363 Å². The maximum Gasteiger partial charge on any atom is 0.0726 e. The zero-order valence-corrected chi connectivity index (χ0v) is 52.6. The monoisotopic (exact) mass is 1180 g/mol. The van der Waals surface area contributed by atoms with Gasteiger partial charge in [0.15, 0.2) is 0 Å². The second kappa shape index (κ2) is 24.4. The smallest absolute Gasteiger partial charge is 0.0726 e. The van der Waals surface area contributed by atoms with Crippen LogP contribution in [0.5, 0.6) is 0 Å². The molecule has 442 valence electrons. The van der Waals surface area contributed by atoms with Gasteiger partial charge in [-0.2, -0.15) is 0 Å². The van der Waals surface area contributed by atoms with Crippen molar-refractivity contribution in [1.29, 1.82) is 0 Å². The first-order chi connectivity index (χ1) is 45.4. The van der Waals surface area contributed by atoms with Gasteiger partial charge < -0.3 is 9.80 Å². The molecule has 0 fully saturated rings. The average molecular weight is 1180 g/mol. The van der Waals surface area contributed by atoms with Crippen LogP contribution in [-0.4, -0.2) is 0 Å². The summed E-state index contributed by atoms with van der Waals surface area (Å²) in [5, 5.41) is 0. The van der Waals surface area contributed by atoms with Gasteiger partial charge in [-0.3, -0.25) is 0 Å². The van der Waals surface area contributed by atoms with Crippen molar-refractivity contribution in [2.45, 2.75) is 51.4 Å². The Kier molecular flexibility index (Phi) is 15.2. The molecule has 1 spiro atoms. The third-order valence-electron chi connectivity index (χ3n) is 19.2. The van der Waals surface area contributed by atoms with Crippen LogP contribution in [0.4, 0.5) is 34.1 Å². The molecule has 92 heavy (non-hydrogen) atoms. The maximum absolute atomic E-state index is 2.51. The van der Waals surface area contributed by atoms with E-state index < -0.39 is 5.41 Å². The number of allylic oxidation sites excluding steroid dienone is 4. The summed E-state index contributed by atoms with van der Waals surface area (Å²) in [5.41, 5.74) is 32.4. The van der Waals surface area contributed by atoms with Crippen molar-refractivity contribution in [2.24, 2.45) is 0 Å². The summed E-state index contributed by atoms with van der Waals surface area (Å²) in [6, 6.07) is 118. The third kappa shape index (κ3) is 9.91. The van der Waals surface area contributed by atoms with Crippen LogP contribution in [-0.2, 0) is 10.8 Å². The Morgan fingerprint density at radius 2 is 0.630 bits per heavy atom. The van der Waals surface area contributed by atoms with Gasteiger partial charge in [0.25, 0.3) is 0 Å². The molecule has 4 aliphatic carbocycles. The molecular formula is C90H72N2. The van der Waals surface area contributed by atoms with Gasteiger partial charge in [0.2, 0.25) is 0 Å². The molecule has 0 unspecified atom stereocenters. The van der Waals surface area contributed by atoms with Crippen LogP contribution in [0, 0.1) is 0 Å². The number of fused-ring (bicyclic) bond motifs is 13. The van der Waals surface area contributed by atoms with Gasteiger partial charge >= 0.3 is 0 Å². The fraction of sp³-hybridized carbons (Fsp3) is 0.0889. The van der Waals surface area contributed by atoms with Gasteiger partial charge in [-0.25, -0.2) is 0 Å². The largest absolute Gasteiger partial charge is 0.311 e. The summed E-state index contributed by atoms with van der Waals surface area (Å²) in [5.74, 6) is 0. The highest BCUT2D eigenvalue weighted by atomic mass is 15.1. The van der Waals surface area contributed by atoms with E-state index in [1.807, 2.05) is 13.8 Å². The van der Waals surface area contributed by atoms with Gasteiger partial charge in [0.05, 0.1) is 11.1 Å². The number of rotatable bonds is 10. The Bertz CT molecular complexity index is 4730. The highest BCUT2D eigenvalue weighted by Gasteiger charge is 2.52. The fourth-order valence-corrected chi connectivity index (χ4v) is 14.9. The second-order valence-corrected chi connectivity index (χ2v) is 24.6. The molecular weight excluding hydrogens is 1110 g/mol. The van der Waals surface area contributed by atoms with Crippen molar-refractivity contribution in [3.63, 3.8) is 0 Å². The number of nitrogens with zero attached hydrogens (tertiary/aromatic N) is 2. The molecule has 17 rings (SSSR count). The van der Waals surface area contributed by atoms with Crippen LogP contribution in [0.3, 0.4) is 0 Å². The molecule has 2 heteroatoms. The van der Waals surface area contributed by atoms with E-state index in [-0.39, 0.29) is 5.41 Å². The van der Waals surface area contributed by atoms with Crippen LogP contribution >= 0.6 is 0 Å². The van der Waals surface area contributed by atoms with Crippen molar-refractivity contribution < 1.29 is 0 Å². The zero-order chi connectivity index (χ0) is 62.2. The van der Waals surface area contributed by atoms with Crippen molar-refractivity contribution in [2.75, 3.05) is 9.80 Å². The van der Waals surface area contributed by atoms with Crippen LogP contribution in [0.25, 0.3) is 72.3 Å². The van der Waals surface area contributed by atoms with Gasteiger partial charge in [-0.05, 0) is 185 Å². The Morgan fingerprint density at radius 1 is 0.272 bits per heavy atom. The molecule has 0 atom stereocenters.